The summed E-state index contributed by atoms with van der Waals surface area (Å²) in [6, 6.07) is 16.8. The normalized spacial score (nSPS) is 12.6. The minimum atomic E-state index is 0.0866. The molecule has 0 bridgehead atoms. The lowest BCUT2D eigenvalue weighted by atomic mass is 10.00. The maximum absolute atomic E-state index is 6.27. The molecule has 0 radical (unpaired) electrons. The number of rotatable bonds is 6. The van der Waals surface area contributed by atoms with Crippen molar-refractivity contribution in [2.75, 3.05) is 5.75 Å². The lowest BCUT2D eigenvalue weighted by Gasteiger charge is -2.13. The molecule has 3 heteroatoms. The summed E-state index contributed by atoms with van der Waals surface area (Å²) in [7, 11) is 0. The van der Waals surface area contributed by atoms with Crippen LogP contribution in [0.2, 0.25) is 5.02 Å². The van der Waals surface area contributed by atoms with E-state index in [1.807, 2.05) is 23.9 Å². The molecule has 1 atom stereocenters. The van der Waals surface area contributed by atoms with Crippen molar-refractivity contribution in [3.8, 4) is 0 Å². The monoisotopic (exact) mass is 319 g/mol. The summed E-state index contributed by atoms with van der Waals surface area (Å²) in [6.45, 7) is 4.41. The van der Waals surface area contributed by atoms with E-state index in [0.717, 1.165) is 16.5 Å². The maximum atomic E-state index is 6.27. The largest absolute Gasteiger partial charge is 0.323 e. The molecule has 2 N–H and O–H groups in total. The van der Waals surface area contributed by atoms with Crippen molar-refractivity contribution in [2.45, 2.75) is 31.6 Å². The molecular formula is C18H22ClNS. The molecule has 0 aliphatic carbocycles. The van der Waals surface area contributed by atoms with Gasteiger partial charge in [-0.2, -0.15) is 11.8 Å². The Bertz CT molecular complexity index is 548. The molecule has 2 aromatic carbocycles. The van der Waals surface area contributed by atoms with Crippen LogP contribution in [0.4, 0.5) is 0 Å². The van der Waals surface area contributed by atoms with Gasteiger partial charge in [0.1, 0.15) is 0 Å². The van der Waals surface area contributed by atoms with Gasteiger partial charge in [0.25, 0.3) is 0 Å². The van der Waals surface area contributed by atoms with Gasteiger partial charge in [-0.25, -0.2) is 0 Å². The van der Waals surface area contributed by atoms with Crippen molar-refractivity contribution in [2.24, 2.45) is 5.73 Å². The Morgan fingerprint density at radius 3 is 2.10 bits per heavy atom. The zero-order valence-electron chi connectivity index (χ0n) is 12.6. The van der Waals surface area contributed by atoms with Crippen LogP contribution in [0.5, 0.6) is 0 Å². The van der Waals surface area contributed by atoms with E-state index < -0.39 is 0 Å². The molecule has 2 aromatic rings. The number of halogens is 1. The molecule has 0 aliphatic heterocycles. The van der Waals surface area contributed by atoms with Gasteiger partial charge in [-0.3, -0.25) is 0 Å². The summed E-state index contributed by atoms with van der Waals surface area (Å²) < 4.78 is 0. The van der Waals surface area contributed by atoms with Crippen LogP contribution in [0.15, 0.2) is 48.5 Å². The Balaban J connectivity index is 1.83. The van der Waals surface area contributed by atoms with Gasteiger partial charge in [0.2, 0.25) is 0 Å². The molecule has 0 saturated carbocycles. The first-order valence-corrected chi connectivity index (χ1v) is 8.77. The molecule has 0 aliphatic rings. The Morgan fingerprint density at radius 1 is 0.952 bits per heavy atom. The molecule has 21 heavy (non-hydrogen) atoms. The van der Waals surface area contributed by atoms with E-state index >= 15 is 0 Å². The van der Waals surface area contributed by atoms with Gasteiger partial charge in [0, 0.05) is 22.6 Å². The van der Waals surface area contributed by atoms with E-state index in [0.29, 0.717) is 5.92 Å². The first-order valence-electron chi connectivity index (χ1n) is 7.24. The molecule has 112 valence electrons. The molecule has 1 nitrogen and oxygen atoms in total. The first kappa shape index (κ1) is 16.4. The number of thioether (sulfide) groups is 1. The van der Waals surface area contributed by atoms with Crippen molar-refractivity contribution in [3.05, 3.63) is 70.2 Å². The van der Waals surface area contributed by atoms with Gasteiger partial charge in [0.15, 0.2) is 0 Å². The van der Waals surface area contributed by atoms with Crippen molar-refractivity contribution in [1.82, 2.24) is 0 Å². The third-order valence-electron chi connectivity index (χ3n) is 3.51. The highest BCUT2D eigenvalue weighted by atomic mass is 35.5. The van der Waals surface area contributed by atoms with E-state index in [9.17, 15) is 0 Å². The average Bonchev–Trinajstić information content (AvgIpc) is 2.49. The van der Waals surface area contributed by atoms with Gasteiger partial charge >= 0.3 is 0 Å². The van der Waals surface area contributed by atoms with Gasteiger partial charge < -0.3 is 5.73 Å². The third kappa shape index (κ3) is 5.06. The van der Waals surface area contributed by atoms with Crippen LogP contribution in [-0.4, -0.2) is 5.75 Å². The Kier molecular flexibility index (Phi) is 6.16. The fourth-order valence-electron chi connectivity index (χ4n) is 2.11. The molecule has 0 saturated heterocycles. The summed E-state index contributed by atoms with van der Waals surface area (Å²) in [6.07, 6.45) is 0. The van der Waals surface area contributed by atoms with Crippen LogP contribution in [0.1, 0.15) is 42.5 Å². The van der Waals surface area contributed by atoms with Crippen LogP contribution in [0, 0.1) is 0 Å². The second kappa shape index (κ2) is 7.88. The lowest BCUT2D eigenvalue weighted by molar-refractivity contribution is 0.822. The lowest BCUT2D eigenvalue weighted by Crippen LogP contribution is -2.13. The molecule has 0 aromatic heterocycles. The van der Waals surface area contributed by atoms with Crippen LogP contribution in [-0.2, 0) is 5.75 Å². The second-order valence-corrected chi connectivity index (χ2v) is 7.04. The highest BCUT2D eigenvalue weighted by molar-refractivity contribution is 7.98. The molecule has 0 amide bonds. The first-order chi connectivity index (χ1) is 10.1. The van der Waals surface area contributed by atoms with Gasteiger partial charge in [0.05, 0.1) is 0 Å². The molecular weight excluding hydrogens is 298 g/mol. The standard InChI is InChI=1S/C18H22ClNS/c1-13(2)15-5-7-16(8-6-15)18(20)12-21-11-14-3-9-17(19)10-4-14/h3-10,13,18H,11-12,20H2,1-2H3. The Hall–Kier alpha value is -0.960. The molecule has 0 spiro atoms. The molecule has 1 unspecified atom stereocenters. The van der Waals surface area contributed by atoms with E-state index in [1.54, 1.807) is 0 Å². The Morgan fingerprint density at radius 2 is 1.52 bits per heavy atom. The third-order valence-corrected chi connectivity index (χ3v) is 4.89. The fraction of sp³-hybridized carbons (Fsp3) is 0.333. The minimum Gasteiger partial charge on any atom is -0.323 e. The summed E-state index contributed by atoms with van der Waals surface area (Å²) in [5, 5.41) is 0.783. The topological polar surface area (TPSA) is 26.0 Å². The smallest absolute Gasteiger partial charge is 0.0406 e. The predicted molar refractivity (Wildman–Crippen MR) is 95.1 cm³/mol. The predicted octanol–water partition coefficient (Wildman–Crippen LogP) is 5.40. The van der Waals surface area contributed by atoms with Crippen molar-refractivity contribution in [1.29, 1.82) is 0 Å². The summed E-state index contributed by atoms with van der Waals surface area (Å²) in [5.41, 5.74) is 10.1. The van der Waals surface area contributed by atoms with Gasteiger partial charge in [-0.15, -0.1) is 0 Å². The molecule has 0 heterocycles. The number of nitrogens with two attached hydrogens (primary N) is 1. The number of hydrogen-bond acceptors (Lipinski definition) is 2. The quantitative estimate of drug-likeness (QED) is 0.771. The van der Waals surface area contributed by atoms with E-state index in [2.05, 4.69) is 50.2 Å². The zero-order valence-corrected chi connectivity index (χ0v) is 14.1. The Labute approximate surface area is 136 Å². The number of hydrogen-bond donors (Lipinski definition) is 1. The average molecular weight is 320 g/mol. The van der Waals surface area contributed by atoms with Gasteiger partial charge in [-0.1, -0.05) is 61.8 Å². The second-order valence-electron chi connectivity index (χ2n) is 5.57. The van der Waals surface area contributed by atoms with E-state index in [4.69, 9.17) is 17.3 Å². The van der Waals surface area contributed by atoms with Crippen molar-refractivity contribution < 1.29 is 0 Å². The van der Waals surface area contributed by atoms with Crippen LogP contribution >= 0.6 is 23.4 Å². The minimum absolute atomic E-state index is 0.0866. The zero-order chi connectivity index (χ0) is 15.2. The maximum Gasteiger partial charge on any atom is 0.0406 e. The van der Waals surface area contributed by atoms with Gasteiger partial charge in [-0.05, 0) is 34.7 Å². The van der Waals surface area contributed by atoms with E-state index in [1.165, 1.54) is 16.7 Å². The summed E-state index contributed by atoms with van der Waals surface area (Å²) >= 11 is 7.74. The van der Waals surface area contributed by atoms with Crippen LogP contribution in [0.3, 0.4) is 0 Å². The highest BCUT2D eigenvalue weighted by Gasteiger charge is 2.07. The van der Waals surface area contributed by atoms with Crippen molar-refractivity contribution >= 4 is 23.4 Å². The van der Waals surface area contributed by atoms with Crippen LogP contribution in [0.25, 0.3) is 0 Å². The molecule has 2 rings (SSSR count). The summed E-state index contributed by atoms with van der Waals surface area (Å²) in [5.74, 6) is 2.45. The fourth-order valence-corrected chi connectivity index (χ4v) is 3.23. The number of benzene rings is 2. The summed E-state index contributed by atoms with van der Waals surface area (Å²) in [4.78, 5) is 0. The van der Waals surface area contributed by atoms with Crippen molar-refractivity contribution in [3.63, 3.8) is 0 Å². The SMILES string of the molecule is CC(C)c1ccc(C(N)CSCc2ccc(Cl)cc2)cc1. The highest BCUT2D eigenvalue weighted by Crippen LogP contribution is 2.22. The molecule has 0 fully saturated rings. The van der Waals surface area contributed by atoms with E-state index in [-0.39, 0.29) is 6.04 Å². The van der Waals surface area contributed by atoms with Crippen LogP contribution < -0.4 is 5.73 Å².